The Bertz CT molecular complexity index is 945. The number of oxazole rings is 1. The van der Waals surface area contributed by atoms with E-state index in [-0.39, 0.29) is 34.1 Å². The van der Waals surface area contributed by atoms with Crippen molar-refractivity contribution in [2.75, 3.05) is 0 Å². The maximum Gasteiger partial charge on any atom is 0.228 e. The maximum absolute atomic E-state index is 9.54. The Morgan fingerprint density at radius 1 is 0.952 bits per heavy atom. The monoisotopic (exact) mass is 277 g/mol. The number of hydrogen-bond acceptors (Lipinski definition) is 6. The molecular formula is C15H7N3O3. The zero-order valence-corrected chi connectivity index (χ0v) is 10.5. The Morgan fingerprint density at radius 3 is 2.38 bits per heavy atom. The average molecular weight is 277 g/mol. The lowest BCUT2D eigenvalue weighted by atomic mass is 10.1. The number of fused-ring (bicyclic) bond motifs is 1. The number of nitrogens with zero attached hydrogens (tertiary/aromatic N) is 3. The summed E-state index contributed by atoms with van der Waals surface area (Å²) >= 11 is 0. The van der Waals surface area contributed by atoms with E-state index in [9.17, 15) is 10.2 Å². The van der Waals surface area contributed by atoms with E-state index in [1.165, 1.54) is 30.3 Å². The molecule has 0 spiro atoms. The summed E-state index contributed by atoms with van der Waals surface area (Å²) in [6.45, 7) is 0. The van der Waals surface area contributed by atoms with Crippen molar-refractivity contribution in [2.24, 2.45) is 0 Å². The highest BCUT2D eigenvalue weighted by atomic mass is 16.3. The summed E-state index contributed by atoms with van der Waals surface area (Å²) in [6, 6.07) is 10.7. The van der Waals surface area contributed by atoms with Crippen LogP contribution in [0.15, 0.2) is 34.7 Å². The molecule has 0 fully saturated rings. The van der Waals surface area contributed by atoms with Crippen LogP contribution < -0.4 is 0 Å². The molecule has 0 amide bonds. The highest BCUT2D eigenvalue weighted by molar-refractivity contribution is 5.84. The molecule has 6 heteroatoms. The highest BCUT2D eigenvalue weighted by Crippen LogP contribution is 2.31. The first kappa shape index (κ1) is 12.5. The van der Waals surface area contributed by atoms with Crippen molar-refractivity contribution in [1.82, 2.24) is 4.98 Å². The van der Waals surface area contributed by atoms with Gasteiger partial charge in [0.1, 0.15) is 34.7 Å². The van der Waals surface area contributed by atoms with Gasteiger partial charge in [-0.25, -0.2) is 4.98 Å². The molecule has 3 rings (SSSR count). The molecule has 100 valence electrons. The molecule has 0 atom stereocenters. The first-order chi connectivity index (χ1) is 10.1. The molecule has 3 aromatic rings. The van der Waals surface area contributed by atoms with Gasteiger partial charge >= 0.3 is 0 Å². The van der Waals surface area contributed by atoms with Crippen LogP contribution in [0.1, 0.15) is 11.1 Å². The predicted molar refractivity (Wildman–Crippen MR) is 72.2 cm³/mol. The van der Waals surface area contributed by atoms with Crippen molar-refractivity contribution in [3.8, 4) is 35.1 Å². The molecule has 0 aliphatic rings. The Hall–Kier alpha value is -3.51. The fourth-order valence-electron chi connectivity index (χ4n) is 2.03. The third kappa shape index (κ3) is 2.01. The summed E-state index contributed by atoms with van der Waals surface area (Å²) in [6.07, 6.45) is 0. The van der Waals surface area contributed by atoms with E-state index in [1.54, 1.807) is 0 Å². The maximum atomic E-state index is 9.54. The topological polar surface area (TPSA) is 114 Å². The molecule has 0 aliphatic heterocycles. The normalized spacial score (nSPS) is 10.2. The number of phenolic OH excluding ortho intramolecular Hbond substituents is 2. The van der Waals surface area contributed by atoms with E-state index in [2.05, 4.69) is 4.98 Å². The summed E-state index contributed by atoms with van der Waals surface area (Å²) in [5.41, 5.74) is 1.31. The molecule has 0 saturated carbocycles. The molecule has 2 N–H and O–H groups in total. The van der Waals surface area contributed by atoms with Crippen molar-refractivity contribution in [3.63, 3.8) is 0 Å². The summed E-state index contributed by atoms with van der Waals surface area (Å²) in [7, 11) is 0. The summed E-state index contributed by atoms with van der Waals surface area (Å²) in [4.78, 5) is 4.18. The standard InChI is InChI=1S/C15H7N3O3/c16-6-8-3-10(19)1-2-12(8)15-18-13-5-11(20)4-9(7-17)14(13)21-15/h1-5,19-20H. The second kappa shape index (κ2) is 4.55. The van der Waals surface area contributed by atoms with Gasteiger partial charge in [0.05, 0.1) is 11.1 Å². The lowest BCUT2D eigenvalue weighted by Gasteiger charge is -1.99. The van der Waals surface area contributed by atoms with Gasteiger partial charge in [-0.1, -0.05) is 0 Å². The molecule has 0 aliphatic carbocycles. The third-order valence-electron chi connectivity index (χ3n) is 2.95. The quantitative estimate of drug-likeness (QED) is 0.706. The van der Waals surface area contributed by atoms with Crippen LogP contribution in [-0.4, -0.2) is 15.2 Å². The van der Waals surface area contributed by atoms with Crippen LogP contribution in [0.3, 0.4) is 0 Å². The van der Waals surface area contributed by atoms with E-state index in [0.29, 0.717) is 11.1 Å². The molecule has 2 aromatic carbocycles. The van der Waals surface area contributed by atoms with Gasteiger partial charge in [0, 0.05) is 12.1 Å². The largest absolute Gasteiger partial charge is 0.508 e. The van der Waals surface area contributed by atoms with Gasteiger partial charge in [-0.05, 0) is 18.2 Å². The number of rotatable bonds is 1. The number of phenols is 2. The van der Waals surface area contributed by atoms with Gasteiger partial charge in [-0.3, -0.25) is 0 Å². The molecule has 0 saturated heterocycles. The van der Waals surface area contributed by atoms with Crippen LogP contribution >= 0.6 is 0 Å². The first-order valence-electron chi connectivity index (χ1n) is 5.89. The lowest BCUT2D eigenvalue weighted by Crippen LogP contribution is -1.83. The van der Waals surface area contributed by atoms with E-state index in [4.69, 9.17) is 14.9 Å². The van der Waals surface area contributed by atoms with Gasteiger partial charge in [0.25, 0.3) is 0 Å². The van der Waals surface area contributed by atoms with Gasteiger partial charge in [-0.15, -0.1) is 0 Å². The molecule has 0 bridgehead atoms. The fraction of sp³-hybridized carbons (Fsp3) is 0. The molecular weight excluding hydrogens is 270 g/mol. The van der Waals surface area contributed by atoms with Gasteiger partial charge < -0.3 is 14.6 Å². The van der Waals surface area contributed by atoms with E-state index >= 15 is 0 Å². The molecule has 1 heterocycles. The molecule has 0 unspecified atom stereocenters. The first-order valence-corrected chi connectivity index (χ1v) is 5.89. The Balaban J connectivity index is 2.28. The molecule has 1 aromatic heterocycles. The molecule has 21 heavy (non-hydrogen) atoms. The SMILES string of the molecule is N#Cc1cc(O)ccc1-c1nc2cc(O)cc(C#N)c2o1. The number of benzene rings is 2. The van der Waals surface area contributed by atoms with Gasteiger partial charge in [0.15, 0.2) is 5.58 Å². The van der Waals surface area contributed by atoms with Crippen LogP contribution in [0.2, 0.25) is 0 Å². The second-order valence-electron chi connectivity index (χ2n) is 4.31. The van der Waals surface area contributed by atoms with Crippen molar-refractivity contribution < 1.29 is 14.6 Å². The minimum atomic E-state index is -0.0925. The number of aromatic hydroxyl groups is 2. The smallest absolute Gasteiger partial charge is 0.228 e. The van der Waals surface area contributed by atoms with Crippen molar-refractivity contribution >= 4 is 11.1 Å². The molecule has 6 nitrogen and oxygen atoms in total. The predicted octanol–water partition coefficient (Wildman–Crippen LogP) is 2.65. The van der Waals surface area contributed by atoms with Gasteiger partial charge in [0.2, 0.25) is 5.89 Å². The van der Waals surface area contributed by atoms with E-state index in [0.717, 1.165) is 0 Å². The van der Waals surface area contributed by atoms with Crippen LogP contribution in [0, 0.1) is 22.7 Å². The lowest BCUT2D eigenvalue weighted by molar-refractivity contribution is 0.474. The summed E-state index contributed by atoms with van der Waals surface area (Å²) in [5, 5.41) is 37.1. The van der Waals surface area contributed by atoms with Crippen LogP contribution in [0.5, 0.6) is 11.5 Å². The van der Waals surface area contributed by atoms with Crippen molar-refractivity contribution in [3.05, 3.63) is 41.5 Å². The van der Waals surface area contributed by atoms with Crippen LogP contribution in [0.25, 0.3) is 22.6 Å². The number of hydrogen-bond donors (Lipinski definition) is 2. The zero-order valence-electron chi connectivity index (χ0n) is 10.5. The zero-order chi connectivity index (χ0) is 15.0. The average Bonchev–Trinajstić information content (AvgIpc) is 2.89. The number of aromatic nitrogens is 1. The van der Waals surface area contributed by atoms with Gasteiger partial charge in [-0.2, -0.15) is 10.5 Å². The third-order valence-corrected chi connectivity index (χ3v) is 2.95. The summed E-state index contributed by atoms with van der Waals surface area (Å²) < 4.78 is 5.54. The highest BCUT2D eigenvalue weighted by Gasteiger charge is 2.16. The Labute approximate surface area is 118 Å². The Kier molecular flexibility index (Phi) is 2.71. The summed E-state index contributed by atoms with van der Waals surface area (Å²) in [5.74, 6) is 0.00975. The van der Waals surface area contributed by atoms with Crippen molar-refractivity contribution in [1.29, 1.82) is 10.5 Å². The second-order valence-corrected chi connectivity index (χ2v) is 4.31. The molecule has 0 radical (unpaired) electrons. The number of nitriles is 2. The van der Waals surface area contributed by atoms with Crippen LogP contribution in [0.4, 0.5) is 0 Å². The minimum absolute atomic E-state index is 0.0400. The van der Waals surface area contributed by atoms with E-state index < -0.39 is 0 Å². The minimum Gasteiger partial charge on any atom is -0.508 e. The van der Waals surface area contributed by atoms with Crippen LogP contribution in [-0.2, 0) is 0 Å². The fourth-order valence-corrected chi connectivity index (χ4v) is 2.03. The van der Waals surface area contributed by atoms with Crippen molar-refractivity contribution in [2.45, 2.75) is 0 Å². The van der Waals surface area contributed by atoms with E-state index in [1.807, 2.05) is 12.1 Å². The Morgan fingerprint density at radius 2 is 1.67 bits per heavy atom.